The molecule has 0 saturated carbocycles. The topological polar surface area (TPSA) is 98.2 Å². The molecule has 0 aliphatic carbocycles. The zero-order valence-electron chi connectivity index (χ0n) is 11.8. The van der Waals surface area contributed by atoms with E-state index in [1.54, 1.807) is 17.0 Å². The molecule has 0 amide bonds. The van der Waals surface area contributed by atoms with Crippen LogP contribution >= 0.6 is 0 Å². The summed E-state index contributed by atoms with van der Waals surface area (Å²) < 4.78 is 25.0. The molecule has 0 spiro atoms. The van der Waals surface area contributed by atoms with Crippen LogP contribution in [0.1, 0.15) is 6.42 Å². The molecule has 0 aromatic heterocycles. The van der Waals surface area contributed by atoms with Crippen molar-refractivity contribution in [1.29, 1.82) is 0 Å². The van der Waals surface area contributed by atoms with Crippen molar-refractivity contribution in [2.45, 2.75) is 23.5 Å². The van der Waals surface area contributed by atoms with E-state index in [0.717, 1.165) is 4.31 Å². The van der Waals surface area contributed by atoms with E-state index in [0.29, 0.717) is 5.69 Å². The van der Waals surface area contributed by atoms with E-state index >= 15 is 0 Å². The van der Waals surface area contributed by atoms with Crippen LogP contribution < -0.4 is 4.90 Å². The smallest absolute Gasteiger partial charge is 0.326 e. The van der Waals surface area contributed by atoms with E-state index in [9.17, 15) is 18.3 Å². The number of aliphatic hydroxyl groups is 1. The number of aliphatic carboxylic acids is 1. The Morgan fingerprint density at radius 1 is 1.29 bits per heavy atom. The summed E-state index contributed by atoms with van der Waals surface area (Å²) in [6, 6.07) is 5.20. The first-order valence-corrected chi connectivity index (χ1v) is 7.87. The van der Waals surface area contributed by atoms with Crippen LogP contribution in [-0.4, -0.2) is 61.7 Å². The number of hydrogen-bond acceptors (Lipinski definition) is 5. The summed E-state index contributed by atoms with van der Waals surface area (Å²) in [4.78, 5) is 12.9. The molecule has 0 bridgehead atoms. The first-order chi connectivity index (χ1) is 9.73. The maximum atomic E-state index is 12.0. The minimum absolute atomic E-state index is 0.142. The van der Waals surface area contributed by atoms with Crippen molar-refractivity contribution >= 4 is 21.7 Å². The molecule has 1 aromatic rings. The largest absolute Gasteiger partial charge is 0.480 e. The molecular formula is C13H18N2O5S. The highest BCUT2D eigenvalue weighted by atomic mass is 32.2. The minimum atomic E-state index is -3.51. The van der Waals surface area contributed by atoms with Crippen LogP contribution in [0.2, 0.25) is 0 Å². The van der Waals surface area contributed by atoms with E-state index in [1.165, 1.54) is 26.2 Å². The molecule has 21 heavy (non-hydrogen) atoms. The molecule has 1 saturated heterocycles. The molecule has 1 aromatic carbocycles. The first-order valence-electron chi connectivity index (χ1n) is 6.43. The lowest BCUT2D eigenvalue weighted by atomic mass is 10.2. The quantitative estimate of drug-likeness (QED) is 0.809. The highest BCUT2D eigenvalue weighted by Crippen LogP contribution is 2.27. The van der Waals surface area contributed by atoms with Gasteiger partial charge in [-0.2, -0.15) is 0 Å². The summed E-state index contributed by atoms with van der Waals surface area (Å²) in [5.74, 6) is -1.00. The van der Waals surface area contributed by atoms with Crippen LogP contribution in [0.5, 0.6) is 0 Å². The maximum Gasteiger partial charge on any atom is 0.326 e. The highest BCUT2D eigenvalue weighted by molar-refractivity contribution is 7.89. The van der Waals surface area contributed by atoms with E-state index in [1.807, 2.05) is 0 Å². The second kappa shape index (κ2) is 5.63. The summed E-state index contributed by atoms with van der Waals surface area (Å²) in [5.41, 5.74) is 0.580. The number of sulfonamides is 1. The maximum absolute atomic E-state index is 12.0. The van der Waals surface area contributed by atoms with Gasteiger partial charge < -0.3 is 15.1 Å². The molecule has 2 rings (SSSR count). The molecule has 0 radical (unpaired) electrons. The van der Waals surface area contributed by atoms with Crippen LogP contribution in [0.3, 0.4) is 0 Å². The van der Waals surface area contributed by atoms with Gasteiger partial charge in [0.2, 0.25) is 10.0 Å². The molecule has 1 heterocycles. The SMILES string of the molecule is CN(C)S(=O)(=O)c1ccc(N2CC(O)CC2C(=O)O)cc1. The van der Waals surface area contributed by atoms with E-state index < -0.39 is 28.1 Å². The number of carboxylic acids is 1. The number of carbonyl (C=O) groups is 1. The summed E-state index contributed by atoms with van der Waals surface area (Å²) in [6.07, 6.45) is -0.538. The molecule has 1 aliphatic rings. The number of carboxylic acid groups (broad SMARTS) is 1. The lowest BCUT2D eigenvalue weighted by Gasteiger charge is -2.23. The Hall–Kier alpha value is -1.64. The van der Waals surface area contributed by atoms with Crippen molar-refractivity contribution in [3.63, 3.8) is 0 Å². The van der Waals surface area contributed by atoms with Crippen LogP contribution in [0.25, 0.3) is 0 Å². The zero-order valence-corrected chi connectivity index (χ0v) is 12.6. The normalized spacial score (nSPS) is 22.8. The van der Waals surface area contributed by atoms with Crippen molar-refractivity contribution in [3.05, 3.63) is 24.3 Å². The fourth-order valence-corrected chi connectivity index (χ4v) is 3.26. The van der Waals surface area contributed by atoms with Gasteiger partial charge in [0.15, 0.2) is 0 Å². The third-order valence-corrected chi connectivity index (χ3v) is 5.34. The molecule has 116 valence electrons. The molecule has 8 heteroatoms. The average Bonchev–Trinajstić information content (AvgIpc) is 2.81. The highest BCUT2D eigenvalue weighted by Gasteiger charge is 2.36. The Balaban J connectivity index is 2.29. The fourth-order valence-electron chi connectivity index (χ4n) is 2.35. The van der Waals surface area contributed by atoms with E-state index in [4.69, 9.17) is 5.11 Å². The Bertz CT molecular complexity index is 626. The van der Waals surface area contributed by atoms with Crippen molar-refractivity contribution in [2.75, 3.05) is 25.5 Å². The second-order valence-electron chi connectivity index (χ2n) is 5.18. The van der Waals surface area contributed by atoms with Gasteiger partial charge in [0, 0.05) is 32.7 Å². The number of hydrogen-bond donors (Lipinski definition) is 2. The lowest BCUT2D eigenvalue weighted by Crippen LogP contribution is -2.36. The molecular weight excluding hydrogens is 296 g/mol. The summed E-state index contributed by atoms with van der Waals surface area (Å²) in [7, 11) is -0.619. The molecule has 1 aliphatic heterocycles. The number of β-amino-alcohol motifs (C(OH)–C–C–N with tert-alkyl or cyclic N) is 1. The van der Waals surface area contributed by atoms with Crippen molar-refractivity contribution in [1.82, 2.24) is 4.31 Å². The van der Waals surface area contributed by atoms with Gasteiger partial charge in [-0.3, -0.25) is 0 Å². The first kappa shape index (κ1) is 15.7. The van der Waals surface area contributed by atoms with Crippen LogP contribution in [0.15, 0.2) is 29.2 Å². The second-order valence-corrected chi connectivity index (χ2v) is 7.33. The van der Waals surface area contributed by atoms with Gasteiger partial charge in [0.1, 0.15) is 6.04 Å². The Labute approximate surface area is 123 Å². The molecule has 2 atom stereocenters. The van der Waals surface area contributed by atoms with Gasteiger partial charge in [-0.25, -0.2) is 17.5 Å². The van der Waals surface area contributed by atoms with E-state index in [-0.39, 0.29) is 17.9 Å². The third-order valence-electron chi connectivity index (χ3n) is 3.51. The predicted octanol–water partition coefficient (Wildman–Crippen LogP) is -0.0389. The number of aliphatic hydroxyl groups excluding tert-OH is 1. The number of rotatable bonds is 4. The van der Waals surface area contributed by atoms with Crippen molar-refractivity contribution < 1.29 is 23.4 Å². The average molecular weight is 314 g/mol. The van der Waals surface area contributed by atoms with Gasteiger partial charge in [-0.1, -0.05) is 0 Å². The van der Waals surface area contributed by atoms with Crippen LogP contribution in [0.4, 0.5) is 5.69 Å². The predicted molar refractivity (Wildman–Crippen MR) is 76.7 cm³/mol. The number of benzene rings is 1. The number of nitrogens with zero attached hydrogens (tertiary/aromatic N) is 2. The standard InChI is InChI=1S/C13H18N2O5S/c1-14(2)21(19,20)11-5-3-9(4-6-11)15-8-10(16)7-12(15)13(17)18/h3-6,10,12,16H,7-8H2,1-2H3,(H,17,18). The Morgan fingerprint density at radius 3 is 2.33 bits per heavy atom. The zero-order chi connectivity index (χ0) is 15.8. The fraction of sp³-hybridized carbons (Fsp3) is 0.462. The Morgan fingerprint density at radius 2 is 1.86 bits per heavy atom. The summed E-state index contributed by atoms with van der Waals surface area (Å²) in [5, 5.41) is 18.8. The van der Waals surface area contributed by atoms with Gasteiger partial charge >= 0.3 is 5.97 Å². The third kappa shape index (κ3) is 3.02. The van der Waals surface area contributed by atoms with Crippen molar-refractivity contribution in [2.24, 2.45) is 0 Å². The lowest BCUT2D eigenvalue weighted by molar-refractivity contribution is -0.138. The van der Waals surface area contributed by atoms with Gasteiger partial charge in [0.25, 0.3) is 0 Å². The van der Waals surface area contributed by atoms with Crippen molar-refractivity contribution in [3.8, 4) is 0 Å². The van der Waals surface area contributed by atoms with Gasteiger partial charge in [-0.15, -0.1) is 0 Å². The summed E-state index contributed by atoms with van der Waals surface area (Å²) >= 11 is 0. The Kier molecular flexibility index (Phi) is 4.22. The van der Waals surface area contributed by atoms with Crippen LogP contribution in [0, 0.1) is 0 Å². The van der Waals surface area contributed by atoms with Gasteiger partial charge in [-0.05, 0) is 24.3 Å². The number of anilines is 1. The van der Waals surface area contributed by atoms with Gasteiger partial charge in [0.05, 0.1) is 11.0 Å². The summed E-state index contributed by atoms with van der Waals surface area (Å²) in [6.45, 7) is 0.219. The molecule has 7 nitrogen and oxygen atoms in total. The molecule has 2 N–H and O–H groups in total. The minimum Gasteiger partial charge on any atom is -0.480 e. The molecule has 2 unspecified atom stereocenters. The molecule has 1 fully saturated rings. The van der Waals surface area contributed by atoms with Crippen LogP contribution in [-0.2, 0) is 14.8 Å². The monoisotopic (exact) mass is 314 g/mol. The van der Waals surface area contributed by atoms with E-state index in [2.05, 4.69) is 0 Å².